The molecule has 0 amide bonds. The van der Waals surface area contributed by atoms with E-state index in [4.69, 9.17) is 23.2 Å². The molecule has 1 aromatic heterocycles. The molecule has 2 N–H and O–H groups in total. The summed E-state index contributed by atoms with van der Waals surface area (Å²) in [6, 6.07) is 5.60. The van der Waals surface area contributed by atoms with Gasteiger partial charge in [-0.1, -0.05) is 49.2 Å². The van der Waals surface area contributed by atoms with Crippen LogP contribution in [0.4, 0.5) is 0 Å². The smallest absolute Gasteiger partial charge is 0.0710 e. The number of benzene rings is 1. The molecule has 102 valence electrons. The van der Waals surface area contributed by atoms with Crippen LogP contribution in [0.1, 0.15) is 19.4 Å². The first-order valence-corrected chi connectivity index (χ1v) is 7.02. The molecular weight excluding hydrogens is 281 g/mol. The Labute approximate surface area is 123 Å². The van der Waals surface area contributed by atoms with Crippen LogP contribution in [-0.2, 0) is 6.54 Å². The highest BCUT2D eigenvalue weighted by atomic mass is 35.5. The molecule has 5 heteroatoms. The number of nitrogens with one attached hydrogen (secondary N) is 2. The first-order chi connectivity index (χ1) is 9.09. The van der Waals surface area contributed by atoms with E-state index in [1.807, 2.05) is 18.3 Å². The molecule has 0 aliphatic carbocycles. The van der Waals surface area contributed by atoms with Crippen LogP contribution in [-0.4, -0.2) is 16.7 Å². The van der Waals surface area contributed by atoms with Gasteiger partial charge >= 0.3 is 0 Å². The number of hydrogen-bond donors (Lipinski definition) is 2. The van der Waals surface area contributed by atoms with Crippen molar-refractivity contribution in [3.8, 4) is 11.3 Å². The van der Waals surface area contributed by atoms with E-state index in [0.717, 1.165) is 29.9 Å². The molecule has 0 saturated carbocycles. The van der Waals surface area contributed by atoms with Gasteiger partial charge in [-0.05, 0) is 18.5 Å². The second-order valence-electron chi connectivity index (χ2n) is 4.90. The molecule has 0 unspecified atom stereocenters. The summed E-state index contributed by atoms with van der Waals surface area (Å²) in [5.41, 5.74) is 2.89. The van der Waals surface area contributed by atoms with Gasteiger partial charge in [-0.25, -0.2) is 0 Å². The number of hydrogen-bond acceptors (Lipinski definition) is 2. The molecule has 0 radical (unpaired) electrons. The van der Waals surface area contributed by atoms with E-state index < -0.39 is 0 Å². The van der Waals surface area contributed by atoms with Gasteiger partial charge in [-0.15, -0.1) is 0 Å². The van der Waals surface area contributed by atoms with E-state index in [1.165, 1.54) is 0 Å². The third-order valence-electron chi connectivity index (χ3n) is 2.81. The number of aromatic amines is 1. The molecular formula is C14H17Cl2N3. The van der Waals surface area contributed by atoms with Crippen molar-refractivity contribution in [2.75, 3.05) is 6.54 Å². The summed E-state index contributed by atoms with van der Waals surface area (Å²) < 4.78 is 0. The van der Waals surface area contributed by atoms with Crippen molar-refractivity contribution in [1.82, 2.24) is 15.5 Å². The molecule has 0 saturated heterocycles. The van der Waals surface area contributed by atoms with Crippen LogP contribution >= 0.6 is 23.2 Å². The van der Waals surface area contributed by atoms with E-state index in [0.29, 0.717) is 16.0 Å². The van der Waals surface area contributed by atoms with E-state index in [-0.39, 0.29) is 0 Å². The third-order valence-corrected chi connectivity index (χ3v) is 3.63. The number of rotatable bonds is 5. The SMILES string of the molecule is CC(C)CNCc1cn[nH]c1-c1cccc(Cl)c1Cl. The summed E-state index contributed by atoms with van der Waals surface area (Å²) in [5, 5.41) is 11.6. The minimum atomic E-state index is 0.551. The molecule has 0 aliphatic heterocycles. The Morgan fingerprint density at radius 3 is 2.84 bits per heavy atom. The summed E-state index contributed by atoms with van der Waals surface area (Å²) in [5.74, 6) is 0.616. The van der Waals surface area contributed by atoms with Crippen molar-refractivity contribution in [1.29, 1.82) is 0 Å². The van der Waals surface area contributed by atoms with Crippen molar-refractivity contribution in [3.63, 3.8) is 0 Å². The summed E-state index contributed by atoms with van der Waals surface area (Å²) >= 11 is 12.3. The van der Waals surface area contributed by atoms with Crippen LogP contribution in [0.15, 0.2) is 24.4 Å². The Morgan fingerprint density at radius 2 is 2.11 bits per heavy atom. The van der Waals surface area contributed by atoms with Crippen LogP contribution in [0.3, 0.4) is 0 Å². The fraction of sp³-hybridized carbons (Fsp3) is 0.357. The molecule has 0 aliphatic rings. The van der Waals surface area contributed by atoms with Gasteiger partial charge in [0.15, 0.2) is 0 Å². The van der Waals surface area contributed by atoms with Gasteiger partial charge in [0, 0.05) is 17.7 Å². The number of H-pyrrole nitrogens is 1. The van der Waals surface area contributed by atoms with E-state index in [9.17, 15) is 0 Å². The van der Waals surface area contributed by atoms with Gasteiger partial charge < -0.3 is 5.32 Å². The maximum Gasteiger partial charge on any atom is 0.0710 e. The van der Waals surface area contributed by atoms with E-state index in [2.05, 4.69) is 29.4 Å². The molecule has 0 bridgehead atoms. The predicted octanol–water partition coefficient (Wildman–Crippen LogP) is 4.13. The summed E-state index contributed by atoms with van der Waals surface area (Å²) in [4.78, 5) is 0. The van der Waals surface area contributed by atoms with E-state index >= 15 is 0 Å². The maximum atomic E-state index is 6.24. The molecule has 1 heterocycles. The van der Waals surface area contributed by atoms with Crippen LogP contribution in [0, 0.1) is 5.92 Å². The Balaban J connectivity index is 2.21. The van der Waals surface area contributed by atoms with Gasteiger partial charge in [0.25, 0.3) is 0 Å². The zero-order valence-electron chi connectivity index (χ0n) is 11.0. The number of aromatic nitrogens is 2. The Bertz CT molecular complexity index is 549. The minimum absolute atomic E-state index is 0.551. The summed E-state index contributed by atoms with van der Waals surface area (Å²) in [6.07, 6.45) is 1.82. The Morgan fingerprint density at radius 1 is 1.32 bits per heavy atom. The summed E-state index contributed by atoms with van der Waals surface area (Å²) in [7, 11) is 0. The lowest BCUT2D eigenvalue weighted by Crippen LogP contribution is -2.19. The van der Waals surface area contributed by atoms with Gasteiger partial charge in [0.05, 0.1) is 21.9 Å². The molecule has 3 nitrogen and oxygen atoms in total. The first-order valence-electron chi connectivity index (χ1n) is 6.27. The lowest BCUT2D eigenvalue weighted by Gasteiger charge is -2.09. The quantitative estimate of drug-likeness (QED) is 0.871. The fourth-order valence-corrected chi connectivity index (χ4v) is 2.27. The van der Waals surface area contributed by atoms with Crippen LogP contribution in [0.5, 0.6) is 0 Å². The zero-order chi connectivity index (χ0) is 13.8. The van der Waals surface area contributed by atoms with Crippen LogP contribution in [0.25, 0.3) is 11.3 Å². The highest BCUT2D eigenvalue weighted by Gasteiger charge is 2.12. The fourth-order valence-electron chi connectivity index (χ4n) is 1.87. The Kier molecular flexibility index (Phi) is 4.86. The van der Waals surface area contributed by atoms with Crippen molar-refractivity contribution in [3.05, 3.63) is 40.0 Å². The summed E-state index contributed by atoms with van der Waals surface area (Å²) in [6.45, 7) is 6.08. The number of nitrogens with zero attached hydrogens (tertiary/aromatic N) is 1. The number of halogens is 2. The average molecular weight is 298 g/mol. The Hall–Kier alpha value is -1.03. The molecule has 0 atom stereocenters. The lowest BCUT2D eigenvalue weighted by atomic mass is 10.1. The second-order valence-corrected chi connectivity index (χ2v) is 5.68. The van der Waals surface area contributed by atoms with Gasteiger partial charge in [-0.2, -0.15) is 5.10 Å². The normalized spacial score (nSPS) is 11.2. The lowest BCUT2D eigenvalue weighted by molar-refractivity contribution is 0.553. The van der Waals surface area contributed by atoms with Gasteiger partial charge in [0.2, 0.25) is 0 Å². The first kappa shape index (κ1) is 14.4. The molecule has 1 aromatic carbocycles. The highest BCUT2D eigenvalue weighted by molar-refractivity contribution is 6.43. The van der Waals surface area contributed by atoms with E-state index in [1.54, 1.807) is 6.07 Å². The molecule has 2 aromatic rings. The van der Waals surface area contributed by atoms with Crippen molar-refractivity contribution < 1.29 is 0 Å². The standard InChI is InChI=1S/C14H17Cl2N3/c1-9(2)6-17-7-10-8-18-19-14(10)11-4-3-5-12(15)13(11)16/h3-5,8-9,17H,6-7H2,1-2H3,(H,18,19). The third kappa shape index (κ3) is 3.50. The van der Waals surface area contributed by atoms with Crippen LogP contribution < -0.4 is 5.32 Å². The van der Waals surface area contributed by atoms with Gasteiger partial charge in [0.1, 0.15) is 0 Å². The highest BCUT2D eigenvalue weighted by Crippen LogP contribution is 2.33. The molecule has 0 spiro atoms. The van der Waals surface area contributed by atoms with Crippen molar-refractivity contribution in [2.24, 2.45) is 5.92 Å². The zero-order valence-corrected chi connectivity index (χ0v) is 12.5. The molecule has 0 fully saturated rings. The van der Waals surface area contributed by atoms with Crippen LogP contribution in [0.2, 0.25) is 10.0 Å². The molecule has 2 rings (SSSR count). The maximum absolute atomic E-state index is 6.24. The second kappa shape index (κ2) is 6.42. The topological polar surface area (TPSA) is 40.7 Å². The largest absolute Gasteiger partial charge is 0.312 e. The van der Waals surface area contributed by atoms with Crippen molar-refractivity contribution >= 4 is 23.2 Å². The monoisotopic (exact) mass is 297 g/mol. The average Bonchev–Trinajstić information content (AvgIpc) is 2.80. The minimum Gasteiger partial charge on any atom is -0.312 e. The molecule has 19 heavy (non-hydrogen) atoms. The van der Waals surface area contributed by atoms with Gasteiger partial charge in [-0.3, -0.25) is 5.10 Å². The predicted molar refractivity (Wildman–Crippen MR) is 80.6 cm³/mol. The van der Waals surface area contributed by atoms with Crippen molar-refractivity contribution in [2.45, 2.75) is 20.4 Å².